The highest BCUT2D eigenvalue weighted by Crippen LogP contribution is 2.22. The summed E-state index contributed by atoms with van der Waals surface area (Å²) in [5.41, 5.74) is 1.01. The molecule has 5 heteroatoms. The van der Waals surface area contributed by atoms with Crippen LogP contribution in [0, 0.1) is 0 Å². The minimum absolute atomic E-state index is 0.0888. The molecule has 0 spiro atoms. The fraction of sp³-hybridized carbons (Fsp3) is 0.500. The summed E-state index contributed by atoms with van der Waals surface area (Å²) in [6, 6.07) is 6.01. The van der Waals surface area contributed by atoms with Crippen molar-refractivity contribution < 1.29 is 9.53 Å². The molecule has 0 atom stereocenters. The molecule has 3 nitrogen and oxygen atoms in total. The number of carbonyl (C=O) groups excluding carboxylic acids is 1. The minimum Gasteiger partial charge on any atom is -0.381 e. The predicted octanol–water partition coefficient (Wildman–Crippen LogP) is 3.33. The molecule has 1 fully saturated rings. The lowest BCUT2D eigenvalue weighted by Gasteiger charge is -2.23. The van der Waals surface area contributed by atoms with E-state index in [4.69, 9.17) is 16.3 Å². The summed E-state index contributed by atoms with van der Waals surface area (Å²) >= 11 is 9.49. The number of rotatable bonds is 4. The molecule has 1 N–H and O–H groups in total. The van der Waals surface area contributed by atoms with Crippen LogP contribution < -0.4 is 5.32 Å². The Morgan fingerprint density at radius 1 is 1.42 bits per heavy atom. The van der Waals surface area contributed by atoms with E-state index in [0.29, 0.717) is 17.9 Å². The van der Waals surface area contributed by atoms with Gasteiger partial charge in [0, 0.05) is 35.2 Å². The van der Waals surface area contributed by atoms with Gasteiger partial charge in [0.1, 0.15) is 0 Å². The van der Waals surface area contributed by atoms with Crippen molar-refractivity contribution in [2.24, 2.45) is 0 Å². The average molecular weight is 347 g/mol. The van der Waals surface area contributed by atoms with Crippen LogP contribution in [0.5, 0.6) is 0 Å². The molecule has 1 amide bonds. The van der Waals surface area contributed by atoms with Crippen molar-refractivity contribution in [1.82, 2.24) is 5.32 Å². The standard InChI is InChI=1S/C14H17BrClNO2/c15-11-3-1-10(13(16)9-11)2-4-14(18)17-12-5-7-19-8-6-12/h1,3,9,12H,2,4-8H2,(H,17,18). The van der Waals surface area contributed by atoms with Crippen LogP contribution in [0.4, 0.5) is 0 Å². The summed E-state index contributed by atoms with van der Waals surface area (Å²) in [5.74, 6) is 0.0888. The highest BCUT2D eigenvalue weighted by atomic mass is 79.9. The quantitative estimate of drug-likeness (QED) is 0.908. The van der Waals surface area contributed by atoms with Gasteiger partial charge in [-0.2, -0.15) is 0 Å². The first-order valence-electron chi connectivity index (χ1n) is 6.46. The van der Waals surface area contributed by atoms with Crippen molar-refractivity contribution in [2.75, 3.05) is 13.2 Å². The van der Waals surface area contributed by atoms with E-state index in [1.54, 1.807) is 0 Å². The third kappa shape index (κ3) is 4.79. The Morgan fingerprint density at radius 2 is 2.16 bits per heavy atom. The van der Waals surface area contributed by atoms with Crippen LogP contribution in [0.25, 0.3) is 0 Å². The van der Waals surface area contributed by atoms with Gasteiger partial charge in [-0.05, 0) is 37.0 Å². The van der Waals surface area contributed by atoms with Gasteiger partial charge in [-0.3, -0.25) is 4.79 Å². The van der Waals surface area contributed by atoms with Crippen LogP contribution in [-0.2, 0) is 16.0 Å². The maximum atomic E-state index is 11.9. The molecule has 1 aromatic carbocycles. The van der Waals surface area contributed by atoms with Crippen LogP contribution in [0.15, 0.2) is 22.7 Å². The second kappa shape index (κ2) is 7.27. The highest BCUT2D eigenvalue weighted by Gasteiger charge is 2.16. The second-order valence-corrected chi connectivity index (χ2v) is 6.01. The maximum Gasteiger partial charge on any atom is 0.220 e. The molecule has 104 valence electrons. The van der Waals surface area contributed by atoms with Crippen LogP contribution >= 0.6 is 27.5 Å². The monoisotopic (exact) mass is 345 g/mol. The number of ether oxygens (including phenoxy) is 1. The molecular formula is C14H17BrClNO2. The zero-order chi connectivity index (χ0) is 13.7. The molecule has 0 radical (unpaired) electrons. The zero-order valence-corrected chi connectivity index (χ0v) is 13.0. The maximum absolute atomic E-state index is 11.9. The van der Waals surface area contributed by atoms with Crippen molar-refractivity contribution in [1.29, 1.82) is 0 Å². The fourth-order valence-electron chi connectivity index (χ4n) is 2.11. The molecular weight excluding hydrogens is 330 g/mol. The molecule has 1 aliphatic heterocycles. The van der Waals surface area contributed by atoms with E-state index < -0.39 is 0 Å². The SMILES string of the molecule is O=C(CCc1ccc(Br)cc1Cl)NC1CCOCC1. The first-order chi connectivity index (χ1) is 9.15. The van der Waals surface area contributed by atoms with Crippen LogP contribution in [0.1, 0.15) is 24.8 Å². The Kier molecular flexibility index (Phi) is 5.67. The van der Waals surface area contributed by atoms with E-state index in [0.717, 1.165) is 36.1 Å². The molecule has 0 bridgehead atoms. The van der Waals surface area contributed by atoms with Gasteiger partial charge in [-0.25, -0.2) is 0 Å². The largest absolute Gasteiger partial charge is 0.381 e. The van der Waals surface area contributed by atoms with E-state index in [9.17, 15) is 4.79 Å². The number of halogens is 2. The lowest BCUT2D eigenvalue weighted by Crippen LogP contribution is -2.38. The highest BCUT2D eigenvalue weighted by molar-refractivity contribution is 9.10. The van der Waals surface area contributed by atoms with E-state index >= 15 is 0 Å². The fourth-order valence-corrected chi connectivity index (χ4v) is 2.88. The van der Waals surface area contributed by atoms with Gasteiger partial charge in [-0.1, -0.05) is 33.6 Å². The first kappa shape index (κ1) is 14.8. The average Bonchev–Trinajstić information content (AvgIpc) is 2.39. The lowest BCUT2D eigenvalue weighted by atomic mass is 10.1. The summed E-state index contributed by atoms with van der Waals surface area (Å²) in [6.45, 7) is 1.48. The lowest BCUT2D eigenvalue weighted by molar-refractivity contribution is -0.122. The number of hydrogen-bond donors (Lipinski definition) is 1. The van der Waals surface area contributed by atoms with Gasteiger partial charge >= 0.3 is 0 Å². The summed E-state index contributed by atoms with van der Waals surface area (Å²) < 4.78 is 6.22. The molecule has 0 aromatic heterocycles. The van der Waals surface area contributed by atoms with E-state index in [1.807, 2.05) is 18.2 Å². The number of carbonyl (C=O) groups is 1. The van der Waals surface area contributed by atoms with E-state index in [1.165, 1.54) is 0 Å². The van der Waals surface area contributed by atoms with Gasteiger partial charge in [0.15, 0.2) is 0 Å². The Bertz CT molecular complexity index is 447. The number of nitrogens with one attached hydrogen (secondary N) is 1. The molecule has 1 saturated heterocycles. The third-order valence-corrected chi connectivity index (χ3v) is 4.07. The number of benzene rings is 1. The van der Waals surface area contributed by atoms with Gasteiger partial charge in [0.25, 0.3) is 0 Å². The number of hydrogen-bond acceptors (Lipinski definition) is 2. The Morgan fingerprint density at radius 3 is 2.84 bits per heavy atom. The first-order valence-corrected chi connectivity index (χ1v) is 7.63. The summed E-state index contributed by atoms with van der Waals surface area (Å²) in [5, 5.41) is 3.75. The zero-order valence-electron chi connectivity index (χ0n) is 10.6. The van der Waals surface area contributed by atoms with Crippen LogP contribution in [0.2, 0.25) is 5.02 Å². The summed E-state index contributed by atoms with van der Waals surface area (Å²) in [6.07, 6.45) is 2.95. The van der Waals surface area contributed by atoms with Gasteiger partial charge in [0.2, 0.25) is 5.91 Å². The summed E-state index contributed by atoms with van der Waals surface area (Å²) in [4.78, 5) is 11.9. The second-order valence-electron chi connectivity index (χ2n) is 4.69. The van der Waals surface area contributed by atoms with Crippen LogP contribution in [-0.4, -0.2) is 25.2 Å². The minimum atomic E-state index is 0.0888. The Balaban J connectivity index is 1.79. The van der Waals surface area contributed by atoms with E-state index in [-0.39, 0.29) is 11.9 Å². The normalized spacial score (nSPS) is 16.3. The van der Waals surface area contributed by atoms with Gasteiger partial charge < -0.3 is 10.1 Å². The number of aryl methyl sites for hydroxylation is 1. The van der Waals surface area contributed by atoms with Gasteiger partial charge in [0.05, 0.1) is 0 Å². The molecule has 0 unspecified atom stereocenters. The predicted molar refractivity (Wildman–Crippen MR) is 79.5 cm³/mol. The molecule has 0 saturated carbocycles. The van der Waals surface area contributed by atoms with Crippen molar-refractivity contribution in [3.8, 4) is 0 Å². The molecule has 1 aliphatic rings. The topological polar surface area (TPSA) is 38.3 Å². The van der Waals surface area contributed by atoms with Crippen molar-refractivity contribution >= 4 is 33.4 Å². The van der Waals surface area contributed by atoms with Crippen LogP contribution in [0.3, 0.4) is 0 Å². The molecule has 2 rings (SSSR count). The number of amides is 1. The third-order valence-electron chi connectivity index (χ3n) is 3.22. The Labute approximate surface area is 126 Å². The van der Waals surface area contributed by atoms with Gasteiger partial charge in [-0.15, -0.1) is 0 Å². The molecule has 1 aromatic rings. The van der Waals surface area contributed by atoms with E-state index in [2.05, 4.69) is 21.2 Å². The van der Waals surface area contributed by atoms with Crippen molar-refractivity contribution in [3.63, 3.8) is 0 Å². The molecule has 1 heterocycles. The molecule has 19 heavy (non-hydrogen) atoms. The summed E-state index contributed by atoms with van der Waals surface area (Å²) in [7, 11) is 0. The Hall–Kier alpha value is -0.580. The van der Waals surface area contributed by atoms with Crippen molar-refractivity contribution in [3.05, 3.63) is 33.3 Å². The molecule has 0 aliphatic carbocycles. The van der Waals surface area contributed by atoms with Crippen molar-refractivity contribution in [2.45, 2.75) is 31.7 Å². The smallest absolute Gasteiger partial charge is 0.220 e.